The summed E-state index contributed by atoms with van der Waals surface area (Å²) in [5, 5.41) is 19.5. The van der Waals surface area contributed by atoms with E-state index in [2.05, 4.69) is 23.1 Å². The summed E-state index contributed by atoms with van der Waals surface area (Å²) < 4.78 is 51.0. The second kappa shape index (κ2) is 10.0. The molecule has 34 heavy (non-hydrogen) atoms. The maximum atomic E-state index is 12.1. The molecule has 2 unspecified atom stereocenters. The number of nitrogens with zero attached hydrogens (tertiary/aromatic N) is 4. The number of nitrogens with two attached hydrogens (primary N) is 1. The number of aliphatic hydroxyl groups is 1. The maximum Gasteiger partial charge on any atom is 0.490 e. The molecule has 8 N–H and O–H groups in total. The molecule has 0 aliphatic carbocycles. The second-order valence-electron chi connectivity index (χ2n) is 6.58. The molecular weight excluding hydrogens is 528 g/mol. The van der Waals surface area contributed by atoms with E-state index in [1.54, 1.807) is 6.19 Å². The maximum absolute atomic E-state index is 12.1. The summed E-state index contributed by atoms with van der Waals surface area (Å²) in [6.07, 6.45) is -1.98. The van der Waals surface area contributed by atoms with Crippen molar-refractivity contribution in [2.45, 2.75) is 24.9 Å². The summed E-state index contributed by atoms with van der Waals surface area (Å²) >= 11 is 0. The van der Waals surface area contributed by atoms with Gasteiger partial charge in [0.05, 0.1) is 21.1 Å². The van der Waals surface area contributed by atoms with E-state index in [1.165, 1.54) is 4.90 Å². The highest BCUT2D eigenvalue weighted by atomic mass is 31.3. The molecule has 0 saturated carbocycles. The molecule has 0 amide bonds. The molecule has 23 heteroatoms. The van der Waals surface area contributed by atoms with Gasteiger partial charge in [0.25, 0.3) is 5.56 Å². The van der Waals surface area contributed by atoms with E-state index in [0.29, 0.717) is 0 Å². The number of aliphatic hydroxyl groups excluding tert-OH is 1. The highest BCUT2D eigenvalue weighted by Crippen LogP contribution is 2.66. The Bertz CT molecular complexity index is 1170. The molecule has 3 heterocycles. The fourth-order valence-electron chi connectivity index (χ4n) is 3.04. The van der Waals surface area contributed by atoms with Crippen molar-refractivity contribution in [3.8, 4) is 6.19 Å². The van der Waals surface area contributed by atoms with E-state index in [-0.39, 0.29) is 39.0 Å². The third-order valence-electron chi connectivity index (χ3n) is 4.22. The first-order chi connectivity index (χ1) is 15.1. The summed E-state index contributed by atoms with van der Waals surface area (Å²) in [7, 11) is -16.7. The molecule has 0 bridgehead atoms. The largest absolute Gasteiger partial charge is 0.490 e. The molecule has 0 aromatic carbocycles. The molecule has 0 radical (unpaired) electrons. The number of fused-ring (bicyclic) bond motifs is 1. The fourth-order valence-corrected chi connectivity index (χ4v) is 6.07. The van der Waals surface area contributed by atoms with Gasteiger partial charge >= 0.3 is 23.5 Å². The van der Waals surface area contributed by atoms with Crippen molar-refractivity contribution < 1.29 is 56.3 Å². The van der Waals surface area contributed by atoms with Crippen molar-refractivity contribution in [2.24, 2.45) is 0 Å². The average molecular weight is 548 g/mol. The summed E-state index contributed by atoms with van der Waals surface area (Å²) in [5.41, 5.74) is 4.74. The first kappa shape index (κ1) is 28.4. The average Bonchev–Trinajstić information content (AvgIpc) is 3.17. The van der Waals surface area contributed by atoms with Crippen molar-refractivity contribution in [1.29, 1.82) is 5.26 Å². The van der Waals surface area contributed by atoms with Gasteiger partial charge in [0, 0.05) is 6.42 Å². The lowest BCUT2D eigenvalue weighted by atomic mass is 10.2. The van der Waals surface area contributed by atoms with Gasteiger partial charge in [-0.3, -0.25) is 19.2 Å². The first-order valence-electron chi connectivity index (χ1n) is 8.56. The van der Waals surface area contributed by atoms with Gasteiger partial charge in [-0.05, 0) is 0 Å². The molecule has 5 atom stereocenters. The van der Waals surface area contributed by atoms with E-state index in [0.717, 1.165) is 4.90 Å². The van der Waals surface area contributed by atoms with Gasteiger partial charge in [0.15, 0.2) is 17.7 Å². The number of hydrogen-bond acceptors (Lipinski definition) is 14. The number of nitrogen functional groups attached to an aromatic ring is 1. The van der Waals surface area contributed by atoms with Gasteiger partial charge < -0.3 is 40.1 Å². The molecular formula is C11H20BN6O13P3. The second-order valence-corrected chi connectivity index (χ2v) is 11.0. The smallest absolute Gasteiger partial charge is 0.390 e. The number of phosphoric acid groups is 3. The number of anilines is 3. The minimum Gasteiger partial charge on any atom is -0.390 e. The molecule has 1 saturated heterocycles. The molecule has 2 aliphatic rings. The highest BCUT2D eigenvalue weighted by molar-refractivity contribution is 7.66. The van der Waals surface area contributed by atoms with Crippen molar-refractivity contribution >= 4 is 49.3 Å². The zero-order chi connectivity index (χ0) is 24.8. The lowest BCUT2D eigenvalue weighted by Crippen LogP contribution is -2.38. The van der Waals surface area contributed by atoms with Gasteiger partial charge in [-0.1, -0.05) is 0 Å². The van der Waals surface area contributed by atoms with Crippen molar-refractivity contribution in [1.82, 2.24) is 9.97 Å². The van der Waals surface area contributed by atoms with E-state index in [4.69, 9.17) is 25.2 Å². The van der Waals surface area contributed by atoms with Crippen LogP contribution in [0.3, 0.4) is 0 Å². The number of ether oxygens (including phenoxy) is 1. The van der Waals surface area contributed by atoms with Crippen molar-refractivity contribution in [3.05, 3.63) is 10.4 Å². The molecule has 3 rings (SSSR count). The van der Waals surface area contributed by atoms with Gasteiger partial charge in [-0.2, -0.15) is 18.9 Å². The lowest BCUT2D eigenvalue weighted by Gasteiger charge is -2.25. The standard InChI is InChI=1S/C11H17N6O13P3.BH3/c12-3-16-4-17(9-8(16)10(19)15-11(13)14-9)7-1-5(18)6(28-7)2-27-32(23,24)30-33(25,26)29-31(20,21)22;/h5-7,18H,1-2,4H2,(H,23,24)(H,25,26)(H2,20,21,22)(H3,13,14,15,19);1H3/t5-,6+,7+;/m0./s1. The van der Waals surface area contributed by atoms with Crippen molar-refractivity contribution in [3.63, 3.8) is 0 Å². The Morgan fingerprint density at radius 3 is 2.47 bits per heavy atom. The number of H-pyrrole nitrogens is 1. The summed E-state index contributed by atoms with van der Waals surface area (Å²) in [6.45, 7) is -1.07. The van der Waals surface area contributed by atoms with Crippen LogP contribution in [0, 0.1) is 11.5 Å². The normalized spacial score (nSPS) is 25.7. The summed E-state index contributed by atoms with van der Waals surface area (Å²) in [6, 6.07) is 0. The molecule has 2 aliphatic heterocycles. The van der Waals surface area contributed by atoms with Crippen LogP contribution < -0.4 is 21.1 Å². The molecule has 1 aromatic rings. The number of hydrogen-bond donors (Lipinski definition) is 7. The summed E-state index contributed by atoms with van der Waals surface area (Å²) in [4.78, 5) is 56.3. The molecule has 1 fully saturated rings. The van der Waals surface area contributed by atoms with Gasteiger partial charge in [-0.25, -0.2) is 13.7 Å². The monoisotopic (exact) mass is 548 g/mol. The first-order valence-corrected chi connectivity index (χ1v) is 13.1. The minimum atomic E-state index is -5.70. The SMILES string of the molecule is B.N#CN1CN([C@H]2C[C@H](O)[C@@H](COP(=O)(O)OP(=O)(O)OP(=O)(O)O)O2)c2nc(N)[nH]c(=O)c21. The van der Waals surface area contributed by atoms with E-state index < -0.39 is 54.1 Å². The summed E-state index contributed by atoms with van der Waals surface area (Å²) in [5.74, 6) is -0.255. The Balaban J connectivity index is 0.00000408. The fraction of sp³-hybridized carbons (Fsp3) is 0.545. The zero-order valence-electron chi connectivity index (χ0n) is 16.1. The Hall–Kier alpha value is -1.84. The van der Waals surface area contributed by atoms with E-state index in [1.807, 2.05) is 0 Å². The van der Waals surface area contributed by atoms with Crippen LogP contribution in [0.2, 0.25) is 0 Å². The molecule has 0 spiro atoms. The van der Waals surface area contributed by atoms with Crippen LogP contribution in [0.15, 0.2) is 4.79 Å². The molecule has 1 aromatic heterocycles. The Morgan fingerprint density at radius 1 is 1.24 bits per heavy atom. The third kappa shape index (κ3) is 6.64. The highest BCUT2D eigenvalue weighted by Gasteiger charge is 2.45. The predicted molar refractivity (Wildman–Crippen MR) is 114 cm³/mol. The van der Waals surface area contributed by atoms with Gasteiger partial charge in [0.1, 0.15) is 19.0 Å². The lowest BCUT2D eigenvalue weighted by molar-refractivity contribution is -0.0215. The predicted octanol–water partition coefficient (Wildman–Crippen LogP) is -2.95. The Kier molecular flexibility index (Phi) is 8.38. The van der Waals surface area contributed by atoms with Crippen LogP contribution in [0.1, 0.15) is 6.42 Å². The van der Waals surface area contributed by atoms with Crippen LogP contribution in [-0.2, 0) is 31.6 Å². The number of aromatic amines is 1. The topological polar surface area (TPSA) is 291 Å². The number of aromatic nitrogens is 2. The third-order valence-corrected chi connectivity index (χ3v) is 8.02. The van der Waals surface area contributed by atoms with Crippen LogP contribution in [0.4, 0.5) is 17.5 Å². The van der Waals surface area contributed by atoms with Gasteiger partial charge in [0.2, 0.25) is 5.95 Å². The van der Waals surface area contributed by atoms with Crippen molar-refractivity contribution in [2.75, 3.05) is 28.8 Å². The minimum absolute atomic E-state index is 0. The Morgan fingerprint density at radius 2 is 1.88 bits per heavy atom. The van der Waals surface area contributed by atoms with E-state index in [9.17, 15) is 33.8 Å². The quantitative estimate of drug-likeness (QED) is 0.0971. The van der Waals surface area contributed by atoms with E-state index >= 15 is 0 Å². The molecule has 190 valence electrons. The van der Waals surface area contributed by atoms with Crippen LogP contribution >= 0.6 is 23.5 Å². The molecule has 19 nitrogen and oxygen atoms in total. The number of nitrogens with one attached hydrogen (secondary N) is 1. The van der Waals surface area contributed by atoms with Crippen LogP contribution in [0.25, 0.3) is 0 Å². The number of nitriles is 1. The van der Waals surface area contributed by atoms with Crippen LogP contribution in [0.5, 0.6) is 0 Å². The number of phosphoric ester groups is 1. The zero-order valence-corrected chi connectivity index (χ0v) is 18.7. The Labute approximate surface area is 191 Å². The van der Waals surface area contributed by atoms with Gasteiger partial charge in [-0.15, -0.1) is 0 Å². The number of rotatable bonds is 8. The van der Waals surface area contributed by atoms with Crippen LogP contribution in [-0.4, -0.2) is 74.8 Å².